The van der Waals surface area contributed by atoms with Gasteiger partial charge in [0.25, 0.3) is 0 Å². The lowest BCUT2D eigenvalue weighted by molar-refractivity contribution is 1.23. The third kappa shape index (κ3) is 1.83. The van der Waals surface area contributed by atoms with Crippen molar-refractivity contribution in [1.82, 2.24) is 0 Å². The number of rotatable bonds is 1. The summed E-state index contributed by atoms with van der Waals surface area (Å²) >= 11 is 0. The van der Waals surface area contributed by atoms with Gasteiger partial charge in [0.05, 0.1) is 39.9 Å². The molecule has 0 spiro atoms. The quantitative estimate of drug-likeness (QED) is 0.641. The minimum atomic E-state index is -0.439. The summed E-state index contributed by atoms with van der Waals surface area (Å²) in [6.45, 7) is 0. The smallest absolute Gasteiger partial charge is 0.0994 e. The second-order valence-corrected chi connectivity index (χ2v) is 2.16. The molecule has 60 valence electrons. The van der Waals surface area contributed by atoms with E-state index in [1.54, 1.807) is 18.2 Å². The topological polar surface area (TPSA) is 71.4 Å². The van der Waals surface area contributed by atoms with Crippen LogP contribution in [0.1, 0.15) is 20.8 Å². The van der Waals surface area contributed by atoms with Crippen molar-refractivity contribution >= 4 is 0 Å². The molecule has 0 aliphatic carbocycles. The summed E-state index contributed by atoms with van der Waals surface area (Å²) in [5, 5.41) is 26.1. The van der Waals surface area contributed by atoms with E-state index < -0.39 is 12.1 Å². The molecular weight excluding hydrogens is 162 g/mol. The van der Waals surface area contributed by atoms with Gasteiger partial charge in [-0.15, -0.1) is 0 Å². The molecule has 0 N–H and O–H groups in total. The van der Waals surface area contributed by atoms with Crippen molar-refractivity contribution in [1.29, 1.82) is 15.8 Å². The van der Waals surface area contributed by atoms with Crippen molar-refractivity contribution in [2.45, 2.75) is 6.42 Å². The Labute approximate surface area is 80.3 Å². The Hall–Kier alpha value is -2.31. The van der Waals surface area contributed by atoms with E-state index in [0.29, 0.717) is 0 Å². The van der Waals surface area contributed by atoms with Gasteiger partial charge >= 0.3 is 0 Å². The van der Waals surface area contributed by atoms with Crippen LogP contribution in [0.25, 0.3) is 0 Å². The lowest BCUT2D eigenvalue weighted by atomic mass is 10.0. The van der Waals surface area contributed by atoms with Crippen molar-refractivity contribution < 1.29 is 4.11 Å². The number of benzene rings is 1. The second-order valence-electron chi connectivity index (χ2n) is 2.16. The van der Waals surface area contributed by atoms with Crippen molar-refractivity contribution in [3.05, 3.63) is 34.8 Å². The molecule has 0 aliphatic rings. The molecule has 1 aromatic carbocycles. The van der Waals surface area contributed by atoms with E-state index in [2.05, 4.69) is 0 Å². The number of nitriles is 3. The Bertz CT molecular complexity index is 573. The van der Waals surface area contributed by atoms with Gasteiger partial charge in [-0.1, -0.05) is 0 Å². The highest BCUT2D eigenvalue weighted by Gasteiger charge is 2.02. The number of nitrogens with zero attached hydrogens (tertiary/aromatic N) is 3. The maximum atomic E-state index is 8.81. The fourth-order valence-electron chi connectivity index (χ4n) is 0.808. The second kappa shape index (κ2) is 3.90. The predicted molar refractivity (Wildman–Crippen MR) is 45.2 cm³/mol. The lowest BCUT2D eigenvalue weighted by Gasteiger charge is -1.97. The first-order valence-electron chi connectivity index (χ1n) is 4.88. The largest absolute Gasteiger partial charge is 0.198 e. The molecule has 0 bridgehead atoms. The van der Waals surface area contributed by atoms with Gasteiger partial charge < -0.3 is 0 Å². The molecular formula is C10H5N3. The SMILES string of the molecule is [2H]c1c([2H])c(C#N)c(CC#N)c([2H])c1C#N. The van der Waals surface area contributed by atoms with Crippen LogP contribution in [0.4, 0.5) is 0 Å². The van der Waals surface area contributed by atoms with E-state index >= 15 is 0 Å². The van der Waals surface area contributed by atoms with Crippen molar-refractivity contribution in [3.8, 4) is 18.2 Å². The summed E-state index contributed by atoms with van der Waals surface area (Å²) in [6, 6.07) is 3.96. The fraction of sp³-hybridized carbons (Fsp3) is 0.100. The summed E-state index contributed by atoms with van der Waals surface area (Å²) in [4.78, 5) is 0. The zero-order valence-corrected chi connectivity index (χ0v) is 6.55. The van der Waals surface area contributed by atoms with E-state index in [1.165, 1.54) is 0 Å². The molecule has 0 aliphatic heterocycles. The summed E-state index contributed by atoms with van der Waals surface area (Å²) in [6.07, 6.45) is -0.220. The highest BCUT2D eigenvalue weighted by molar-refractivity contribution is 5.44. The van der Waals surface area contributed by atoms with Crippen LogP contribution in [0.2, 0.25) is 0 Å². The molecule has 3 nitrogen and oxygen atoms in total. The Morgan fingerprint density at radius 3 is 2.54 bits per heavy atom. The van der Waals surface area contributed by atoms with Gasteiger partial charge in [0, 0.05) is 0 Å². The third-order valence-corrected chi connectivity index (χ3v) is 1.37. The standard InChI is InChI=1S/C10H5N3/c11-4-3-9-5-8(6-12)1-2-10(9)7-13/h1-2,5H,3H2/i1D,2D,5D. The summed E-state index contributed by atoms with van der Waals surface area (Å²) in [5.41, 5.74) is -0.396. The van der Waals surface area contributed by atoms with Crippen molar-refractivity contribution in [2.75, 3.05) is 0 Å². The van der Waals surface area contributed by atoms with Crippen LogP contribution in [0.5, 0.6) is 0 Å². The van der Waals surface area contributed by atoms with E-state index in [9.17, 15) is 0 Å². The van der Waals surface area contributed by atoms with Gasteiger partial charge in [-0.25, -0.2) is 0 Å². The summed E-state index contributed by atoms with van der Waals surface area (Å²) in [7, 11) is 0. The maximum absolute atomic E-state index is 8.81. The van der Waals surface area contributed by atoms with Gasteiger partial charge in [0.15, 0.2) is 0 Å². The summed E-state index contributed by atoms with van der Waals surface area (Å²) < 4.78 is 22.6. The maximum Gasteiger partial charge on any atom is 0.0994 e. The molecule has 0 saturated heterocycles. The normalized spacial score (nSPS) is 11.3. The first-order valence-corrected chi connectivity index (χ1v) is 3.38. The van der Waals surface area contributed by atoms with E-state index in [4.69, 9.17) is 19.9 Å². The van der Waals surface area contributed by atoms with E-state index in [0.717, 1.165) is 0 Å². The van der Waals surface area contributed by atoms with Crippen LogP contribution in [-0.2, 0) is 6.42 Å². The minimum absolute atomic E-state index is 0.0440. The molecule has 0 atom stereocenters. The van der Waals surface area contributed by atoms with Crippen LogP contribution < -0.4 is 0 Å². The molecule has 0 unspecified atom stereocenters. The van der Waals surface area contributed by atoms with Crippen LogP contribution in [0, 0.1) is 34.0 Å². The summed E-state index contributed by atoms with van der Waals surface area (Å²) in [5.74, 6) is 0. The molecule has 1 aromatic rings. The number of hydrogen-bond donors (Lipinski definition) is 0. The van der Waals surface area contributed by atoms with Gasteiger partial charge in [0.1, 0.15) is 0 Å². The molecule has 13 heavy (non-hydrogen) atoms. The number of hydrogen-bond acceptors (Lipinski definition) is 3. The molecule has 3 heteroatoms. The average Bonchev–Trinajstić information content (AvgIpc) is 2.27. The predicted octanol–water partition coefficient (Wildman–Crippen LogP) is 1.50. The fourth-order valence-corrected chi connectivity index (χ4v) is 0.808. The molecule has 0 amide bonds. The van der Waals surface area contributed by atoms with Gasteiger partial charge in [0.2, 0.25) is 0 Å². The van der Waals surface area contributed by atoms with Crippen molar-refractivity contribution in [2.24, 2.45) is 0 Å². The van der Waals surface area contributed by atoms with Crippen LogP contribution in [0.3, 0.4) is 0 Å². The van der Waals surface area contributed by atoms with E-state index in [-0.39, 0.29) is 29.2 Å². The molecule has 0 saturated carbocycles. The van der Waals surface area contributed by atoms with Gasteiger partial charge in [-0.3, -0.25) is 0 Å². The highest BCUT2D eigenvalue weighted by atomic mass is 14.3. The zero-order valence-electron chi connectivity index (χ0n) is 9.55. The lowest BCUT2D eigenvalue weighted by Crippen LogP contribution is -1.89. The average molecular weight is 170 g/mol. The van der Waals surface area contributed by atoms with Crippen LogP contribution in [-0.4, -0.2) is 0 Å². The molecule has 0 fully saturated rings. The third-order valence-electron chi connectivity index (χ3n) is 1.37. The van der Waals surface area contributed by atoms with Crippen LogP contribution >= 0.6 is 0 Å². The van der Waals surface area contributed by atoms with Crippen LogP contribution in [0.15, 0.2) is 18.1 Å². The highest BCUT2D eigenvalue weighted by Crippen LogP contribution is 2.10. The van der Waals surface area contributed by atoms with Gasteiger partial charge in [-0.2, -0.15) is 15.8 Å². The Morgan fingerprint density at radius 2 is 2.00 bits per heavy atom. The first kappa shape index (κ1) is 5.36. The Kier molecular flexibility index (Phi) is 1.61. The molecule has 0 aromatic heterocycles. The first-order chi connectivity index (χ1) is 7.58. The Balaban J connectivity index is 3.76. The molecule has 1 rings (SSSR count). The monoisotopic (exact) mass is 170 g/mol. The van der Waals surface area contributed by atoms with Gasteiger partial charge in [-0.05, 0) is 23.7 Å². The minimum Gasteiger partial charge on any atom is -0.198 e. The molecule has 0 heterocycles. The van der Waals surface area contributed by atoms with E-state index in [1.807, 2.05) is 0 Å². The van der Waals surface area contributed by atoms with Crippen molar-refractivity contribution in [3.63, 3.8) is 0 Å². The Morgan fingerprint density at radius 1 is 1.23 bits per heavy atom. The molecule has 0 radical (unpaired) electrons. The zero-order chi connectivity index (χ0) is 12.3.